The van der Waals surface area contributed by atoms with Gasteiger partial charge in [0.1, 0.15) is 5.56 Å². The van der Waals surface area contributed by atoms with Crippen LogP contribution < -0.4 is 10.9 Å². The Bertz CT molecular complexity index is 675. The summed E-state index contributed by atoms with van der Waals surface area (Å²) in [7, 11) is 1.52. The van der Waals surface area contributed by atoms with E-state index in [1.54, 1.807) is 16.8 Å². The number of nitrogens with one attached hydrogen (secondary N) is 1. The average Bonchev–Trinajstić information content (AvgIpc) is 2.48. The normalized spacial score (nSPS) is 11.9. The molecule has 4 nitrogen and oxygen atoms in total. The second kappa shape index (κ2) is 5.74. The van der Waals surface area contributed by atoms with Crippen LogP contribution in [0.1, 0.15) is 34.5 Å². The van der Waals surface area contributed by atoms with Crippen LogP contribution in [0.25, 0.3) is 0 Å². The average molecular weight is 270 g/mol. The van der Waals surface area contributed by atoms with Crippen molar-refractivity contribution in [2.75, 3.05) is 7.05 Å². The summed E-state index contributed by atoms with van der Waals surface area (Å²) >= 11 is 0. The molecule has 1 unspecified atom stereocenters. The Kier molecular flexibility index (Phi) is 4.03. The number of benzene rings is 1. The fraction of sp³-hybridized carbons (Fsp3) is 0.250. The van der Waals surface area contributed by atoms with Gasteiger partial charge in [0.15, 0.2) is 0 Å². The summed E-state index contributed by atoms with van der Waals surface area (Å²) in [5.41, 5.74) is 1.82. The molecule has 1 N–H and O–H groups in total. The maximum absolute atomic E-state index is 12.4. The number of hydrogen-bond donors (Lipinski definition) is 1. The van der Waals surface area contributed by atoms with Crippen molar-refractivity contribution in [3.63, 3.8) is 0 Å². The Hall–Kier alpha value is -2.36. The van der Waals surface area contributed by atoms with Gasteiger partial charge in [0.25, 0.3) is 11.5 Å². The van der Waals surface area contributed by atoms with Gasteiger partial charge in [-0.25, -0.2) is 0 Å². The smallest absolute Gasteiger partial charge is 0.263 e. The van der Waals surface area contributed by atoms with Gasteiger partial charge in [-0.1, -0.05) is 30.3 Å². The summed E-state index contributed by atoms with van der Waals surface area (Å²) in [4.78, 5) is 24.2. The topological polar surface area (TPSA) is 51.1 Å². The van der Waals surface area contributed by atoms with Crippen LogP contribution in [0.4, 0.5) is 0 Å². The van der Waals surface area contributed by atoms with E-state index in [1.807, 2.05) is 44.2 Å². The highest BCUT2D eigenvalue weighted by atomic mass is 16.2. The molecule has 0 aliphatic carbocycles. The van der Waals surface area contributed by atoms with Crippen LogP contribution in [0.15, 0.2) is 47.4 Å². The van der Waals surface area contributed by atoms with E-state index in [0.29, 0.717) is 0 Å². The molecule has 0 spiro atoms. The lowest BCUT2D eigenvalue weighted by molar-refractivity contribution is 0.0961. The second-order valence-corrected chi connectivity index (χ2v) is 4.81. The van der Waals surface area contributed by atoms with Crippen molar-refractivity contribution in [1.29, 1.82) is 0 Å². The highest BCUT2D eigenvalue weighted by molar-refractivity contribution is 5.93. The largest absolute Gasteiger partial charge is 0.355 e. The molecule has 20 heavy (non-hydrogen) atoms. The van der Waals surface area contributed by atoms with Crippen molar-refractivity contribution >= 4 is 5.91 Å². The van der Waals surface area contributed by atoms with Crippen LogP contribution in [-0.4, -0.2) is 17.5 Å². The highest BCUT2D eigenvalue weighted by Crippen LogP contribution is 2.16. The molecule has 2 rings (SSSR count). The van der Waals surface area contributed by atoms with Gasteiger partial charge in [0.05, 0.1) is 6.04 Å². The maximum Gasteiger partial charge on any atom is 0.263 e. The predicted molar refractivity (Wildman–Crippen MR) is 79.1 cm³/mol. The number of rotatable bonds is 3. The summed E-state index contributed by atoms with van der Waals surface area (Å²) in [6, 6.07) is 11.3. The van der Waals surface area contributed by atoms with Crippen LogP contribution in [0.2, 0.25) is 0 Å². The highest BCUT2D eigenvalue weighted by Gasteiger charge is 2.16. The first-order chi connectivity index (χ1) is 9.54. The lowest BCUT2D eigenvalue weighted by Crippen LogP contribution is -2.33. The number of aryl methyl sites for hydroxylation is 1. The van der Waals surface area contributed by atoms with Gasteiger partial charge in [-0.2, -0.15) is 0 Å². The van der Waals surface area contributed by atoms with Crippen molar-refractivity contribution in [1.82, 2.24) is 9.88 Å². The van der Waals surface area contributed by atoms with Crippen molar-refractivity contribution in [2.24, 2.45) is 0 Å². The Balaban J connectivity index is 2.55. The van der Waals surface area contributed by atoms with E-state index in [2.05, 4.69) is 5.32 Å². The third-order valence-corrected chi connectivity index (χ3v) is 3.35. The monoisotopic (exact) mass is 270 g/mol. The van der Waals surface area contributed by atoms with Crippen molar-refractivity contribution in [3.8, 4) is 0 Å². The van der Waals surface area contributed by atoms with Crippen molar-refractivity contribution in [3.05, 3.63) is 69.6 Å². The van der Waals surface area contributed by atoms with E-state index in [1.165, 1.54) is 7.05 Å². The number of pyridine rings is 1. The minimum absolute atomic E-state index is 0.119. The number of carbonyl (C=O) groups excluding carboxylic acids is 1. The molecule has 1 aromatic heterocycles. The lowest BCUT2D eigenvalue weighted by Gasteiger charge is -2.17. The molecule has 0 saturated carbocycles. The fourth-order valence-electron chi connectivity index (χ4n) is 2.22. The number of hydrogen-bond acceptors (Lipinski definition) is 2. The molecule has 1 atom stereocenters. The van der Waals surface area contributed by atoms with Crippen LogP contribution in [0, 0.1) is 6.92 Å². The molecule has 0 aliphatic rings. The zero-order valence-corrected chi connectivity index (χ0v) is 11.9. The molecule has 1 heterocycles. The molecular weight excluding hydrogens is 252 g/mol. The van der Waals surface area contributed by atoms with Gasteiger partial charge >= 0.3 is 0 Å². The first-order valence-electron chi connectivity index (χ1n) is 6.54. The van der Waals surface area contributed by atoms with Crippen molar-refractivity contribution in [2.45, 2.75) is 19.9 Å². The molecule has 0 aliphatic heterocycles. The van der Waals surface area contributed by atoms with Crippen LogP contribution in [-0.2, 0) is 0 Å². The molecule has 1 amide bonds. The van der Waals surface area contributed by atoms with E-state index in [4.69, 9.17) is 0 Å². The van der Waals surface area contributed by atoms with Gasteiger partial charge < -0.3 is 9.88 Å². The van der Waals surface area contributed by atoms with Crippen LogP contribution >= 0.6 is 0 Å². The summed E-state index contributed by atoms with van der Waals surface area (Å²) < 4.78 is 1.61. The first kappa shape index (κ1) is 14.1. The number of carbonyl (C=O) groups is 1. The molecule has 2 aromatic rings. The minimum atomic E-state index is -0.354. The van der Waals surface area contributed by atoms with E-state index in [9.17, 15) is 9.59 Å². The van der Waals surface area contributed by atoms with E-state index in [0.717, 1.165) is 11.1 Å². The molecule has 0 fully saturated rings. The molecule has 104 valence electrons. The minimum Gasteiger partial charge on any atom is -0.355 e. The zero-order chi connectivity index (χ0) is 14.7. The van der Waals surface area contributed by atoms with Crippen molar-refractivity contribution < 1.29 is 4.79 Å². The number of nitrogens with zero attached hydrogens (tertiary/aromatic N) is 1. The number of amides is 1. The van der Waals surface area contributed by atoms with Gasteiger partial charge in [-0.3, -0.25) is 9.59 Å². The van der Waals surface area contributed by atoms with Gasteiger partial charge in [0, 0.05) is 13.2 Å². The van der Waals surface area contributed by atoms with Gasteiger partial charge in [-0.05, 0) is 31.0 Å². The number of aromatic nitrogens is 1. The second-order valence-electron chi connectivity index (χ2n) is 4.81. The Morgan fingerprint density at radius 3 is 2.50 bits per heavy atom. The Morgan fingerprint density at radius 2 is 1.90 bits per heavy atom. The molecular formula is C16H18N2O2. The van der Waals surface area contributed by atoms with E-state index in [-0.39, 0.29) is 23.1 Å². The Morgan fingerprint density at radius 1 is 1.25 bits per heavy atom. The van der Waals surface area contributed by atoms with Crippen LogP contribution in [0.3, 0.4) is 0 Å². The van der Waals surface area contributed by atoms with Crippen LogP contribution in [0.5, 0.6) is 0 Å². The SMILES string of the molecule is CNC(=O)c1cc(C)cn(C(C)c2ccccc2)c1=O. The summed E-state index contributed by atoms with van der Waals surface area (Å²) in [5.74, 6) is -0.354. The van der Waals surface area contributed by atoms with Gasteiger partial charge in [0.2, 0.25) is 0 Å². The maximum atomic E-state index is 12.4. The molecule has 4 heteroatoms. The molecule has 1 aromatic carbocycles. The quantitative estimate of drug-likeness (QED) is 0.929. The third-order valence-electron chi connectivity index (χ3n) is 3.35. The lowest BCUT2D eigenvalue weighted by atomic mass is 10.1. The Labute approximate surface area is 118 Å². The van der Waals surface area contributed by atoms with E-state index >= 15 is 0 Å². The fourth-order valence-corrected chi connectivity index (χ4v) is 2.22. The molecule has 0 radical (unpaired) electrons. The zero-order valence-electron chi connectivity index (χ0n) is 11.9. The molecule has 0 saturated heterocycles. The van der Waals surface area contributed by atoms with Gasteiger partial charge in [-0.15, -0.1) is 0 Å². The summed E-state index contributed by atoms with van der Waals surface area (Å²) in [6.07, 6.45) is 1.78. The summed E-state index contributed by atoms with van der Waals surface area (Å²) in [5, 5.41) is 2.50. The third kappa shape index (κ3) is 2.64. The standard InChI is InChI=1S/C16H18N2O2/c1-11-9-14(15(19)17-3)16(20)18(10-11)12(2)13-7-5-4-6-8-13/h4-10,12H,1-3H3,(H,17,19). The molecule has 0 bridgehead atoms. The summed E-state index contributed by atoms with van der Waals surface area (Å²) in [6.45, 7) is 3.82. The first-order valence-corrected chi connectivity index (χ1v) is 6.54. The predicted octanol–water partition coefficient (Wildman–Crippen LogP) is 2.13. The van der Waals surface area contributed by atoms with E-state index < -0.39 is 0 Å².